The van der Waals surface area contributed by atoms with Gasteiger partial charge in [0.1, 0.15) is 5.75 Å². The predicted octanol–water partition coefficient (Wildman–Crippen LogP) is 3.70. The van der Waals surface area contributed by atoms with Crippen molar-refractivity contribution in [3.63, 3.8) is 0 Å². The maximum Gasteiger partial charge on any atom is 0.338 e. The van der Waals surface area contributed by atoms with E-state index in [1.807, 2.05) is 24.3 Å². The molecule has 0 saturated carbocycles. The number of nitrogens with zero attached hydrogens (tertiary/aromatic N) is 1. The fraction of sp³-hybridized carbons (Fsp3) is 0.176. The van der Waals surface area contributed by atoms with Gasteiger partial charge in [0.2, 0.25) is 0 Å². The molecule has 0 atom stereocenters. The van der Waals surface area contributed by atoms with Crippen LogP contribution in [0.25, 0.3) is 10.2 Å². The molecule has 22 heavy (non-hydrogen) atoms. The van der Waals surface area contributed by atoms with Gasteiger partial charge in [-0.15, -0.1) is 11.3 Å². The number of esters is 1. The predicted molar refractivity (Wildman–Crippen MR) is 86.6 cm³/mol. The quantitative estimate of drug-likeness (QED) is 0.674. The van der Waals surface area contributed by atoms with E-state index in [4.69, 9.17) is 9.47 Å². The molecule has 5 heteroatoms. The van der Waals surface area contributed by atoms with Gasteiger partial charge in [0.25, 0.3) is 0 Å². The molecule has 0 N–H and O–H groups in total. The SMILES string of the molecule is COc1ccc(C(=O)OCCc2nc3ccccc3s2)cc1. The number of aromatic nitrogens is 1. The number of methoxy groups -OCH3 is 1. The molecular weight excluding hydrogens is 298 g/mol. The second kappa shape index (κ2) is 6.58. The number of rotatable bonds is 5. The van der Waals surface area contributed by atoms with Crippen molar-refractivity contribution in [1.29, 1.82) is 0 Å². The molecule has 3 aromatic rings. The van der Waals surface area contributed by atoms with E-state index in [1.54, 1.807) is 42.7 Å². The highest BCUT2D eigenvalue weighted by Gasteiger charge is 2.08. The molecule has 4 nitrogen and oxygen atoms in total. The lowest BCUT2D eigenvalue weighted by Gasteiger charge is -2.04. The molecule has 3 rings (SSSR count). The first-order chi connectivity index (χ1) is 10.8. The third kappa shape index (κ3) is 3.26. The lowest BCUT2D eigenvalue weighted by Crippen LogP contribution is -2.08. The molecule has 0 aliphatic carbocycles. The van der Waals surface area contributed by atoms with E-state index >= 15 is 0 Å². The summed E-state index contributed by atoms with van der Waals surface area (Å²) >= 11 is 1.63. The monoisotopic (exact) mass is 313 g/mol. The van der Waals surface area contributed by atoms with Crippen molar-refractivity contribution in [2.75, 3.05) is 13.7 Å². The molecule has 0 radical (unpaired) electrons. The Labute approximate surface area is 132 Å². The van der Waals surface area contributed by atoms with E-state index in [-0.39, 0.29) is 5.97 Å². The molecule has 2 aromatic carbocycles. The normalized spacial score (nSPS) is 10.6. The lowest BCUT2D eigenvalue weighted by molar-refractivity contribution is 0.0509. The van der Waals surface area contributed by atoms with Gasteiger partial charge in [-0.3, -0.25) is 0 Å². The van der Waals surface area contributed by atoms with Gasteiger partial charge in [0.15, 0.2) is 0 Å². The van der Waals surface area contributed by atoms with Crippen LogP contribution in [0.15, 0.2) is 48.5 Å². The minimum atomic E-state index is -0.330. The second-order valence-corrected chi connectivity index (χ2v) is 5.80. The summed E-state index contributed by atoms with van der Waals surface area (Å²) in [5, 5.41) is 0.976. The van der Waals surface area contributed by atoms with E-state index in [2.05, 4.69) is 4.98 Å². The summed E-state index contributed by atoms with van der Waals surface area (Å²) in [5.74, 6) is 0.384. The Hall–Kier alpha value is -2.40. The number of carbonyl (C=O) groups is 1. The Kier molecular flexibility index (Phi) is 4.34. The van der Waals surface area contributed by atoms with Crippen molar-refractivity contribution in [2.45, 2.75) is 6.42 Å². The summed E-state index contributed by atoms with van der Waals surface area (Å²) in [6.07, 6.45) is 0.626. The average Bonchev–Trinajstić information content (AvgIpc) is 2.97. The third-order valence-corrected chi connectivity index (χ3v) is 4.31. The molecule has 0 saturated heterocycles. The molecular formula is C17H15NO3S. The van der Waals surface area contributed by atoms with Crippen LogP contribution in [-0.2, 0) is 11.2 Å². The van der Waals surface area contributed by atoms with Crippen LogP contribution < -0.4 is 4.74 Å². The van der Waals surface area contributed by atoms with Gasteiger partial charge < -0.3 is 9.47 Å². The third-order valence-electron chi connectivity index (χ3n) is 3.21. The molecule has 0 fully saturated rings. The number of para-hydroxylation sites is 1. The van der Waals surface area contributed by atoms with Crippen LogP contribution in [0.1, 0.15) is 15.4 Å². The van der Waals surface area contributed by atoms with Crippen molar-refractivity contribution in [2.24, 2.45) is 0 Å². The zero-order valence-electron chi connectivity index (χ0n) is 12.1. The van der Waals surface area contributed by atoms with Crippen molar-refractivity contribution >= 4 is 27.5 Å². The zero-order chi connectivity index (χ0) is 15.4. The molecule has 0 aliphatic heterocycles. The standard InChI is InChI=1S/C17H15NO3S/c1-20-13-8-6-12(7-9-13)17(19)21-11-10-16-18-14-4-2-3-5-15(14)22-16/h2-9H,10-11H2,1H3. The summed E-state index contributed by atoms with van der Waals surface area (Å²) in [6.45, 7) is 0.324. The number of carbonyl (C=O) groups excluding carboxylic acids is 1. The van der Waals surface area contributed by atoms with Crippen LogP contribution in [0.2, 0.25) is 0 Å². The van der Waals surface area contributed by atoms with Crippen LogP contribution in [0.4, 0.5) is 0 Å². The molecule has 0 amide bonds. The zero-order valence-corrected chi connectivity index (χ0v) is 12.9. The van der Waals surface area contributed by atoms with Crippen LogP contribution in [0, 0.1) is 0 Å². The van der Waals surface area contributed by atoms with Crippen molar-refractivity contribution in [1.82, 2.24) is 4.98 Å². The Morgan fingerprint density at radius 1 is 1.14 bits per heavy atom. The van der Waals surface area contributed by atoms with E-state index in [9.17, 15) is 4.79 Å². The molecule has 1 heterocycles. The molecule has 112 valence electrons. The Morgan fingerprint density at radius 3 is 2.64 bits per heavy atom. The van der Waals surface area contributed by atoms with Crippen molar-refractivity contribution in [3.05, 3.63) is 59.1 Å². The first-order valence-electron chi connectivity index (χ1n) is 6.92. The number of hydrogen-bond donors (Lipinski definition) is 0. The largest absolute Gasteiger partial charge is 0.497 e. The minimum Gasteiger partial charge on any atom is -0.497 e. The van der Waals surface area contributed by atoms with E-state index in [0.717, 1.165) is 15.2 Å². The van der Waals surface area contributed by atoms with Crippen molar-refractivity contribution in [3.8, 4) is 5.75 Å². The summed E-state index contributed by atoms with van der Waals surface area (Å²) in [4.78, 5) is 16.4. The Bertz CT molecular complexity index is 747. The first-order valence-corrected chi connectivity index (χ1v) is 7.73. The smallest absolute Gasteiger partial charge is 0.338 e. The summed E-state index contributed by atoms with van der Waals surface area (Å²) in [6, 6.07) is 14.9. The van der Waals surface area contributed by atoms with Gasteiger partial charge >= 0.3 is 5.97 Å². The lowest BCUT2D eigenvalue weighted by atomic mass is 10.2. The van der Waals surface area contributed by atoms with Gasteiger partial charge in [-0.25, -0.2) is 9.78 Å². The van der Waals surface area contributed by atoms with Gasteiger partial charge in [0.05, 0.1) is 34.5 Å². The molecule has 0 aliphatic rings. The summed E-state index contributed by atoms with van der Waals surface area (Å²) in [5.41, 5.74) is 1.51. The Balaban J connectivity index is 1.56. The van der Waals surface area contributed by atoms with Crippen LogP contribution >= 0.6 is 11.3 Å². The summed E-state index contributed by atoms with van der Waals surface area (Å²) in [7, 11) is 1.59. The van der Waals surface area contributed by atoms with E-state index in [0.29, 0.717) is 24.3 Å². The Morgan fingerprint density at radius 2 is 1.91 bits per heavy atom. The van der Waals surface area contributed by atoms with Crippen LogP contribution in [0.5, 0.6) is 5.75 Å². The average molecular weight is 313 g/mol. The van der Waals surface area contributed by atoms with Gasteiger partial charge in [-0.05, 0) is 36.4 Å². The maximum atomic E-state index is 11.9. The number of hydrogen-bond acceptors (Lipinski definition) is 5. The highest BCUT2D eigenvalue weighted by molar-refractivity contribution is 7.18. The highest BCUT2D eigenvalue weighted by Crippen LogP contribution is 2.21. The molecule has 0 unspecified atom stereocenters. The minimum absolute atomic E-state index is 0.324. The molecule has 1 aromatic heterocycles. The fourth-order valence-electron chi connectivity index (χ4n) is 2.07. The maximum absolute atomic E-state index is 11.9. The van der Waals surface area contributed by atoms with Crippen molar-refractivity contribution < 1.29 is 14.3 Å². The van der Waals surface area contributed by atoms with Gasteiger partial charge in [0, 0.05) is 6.42 Å². The molecule has 0 spiro atoms. The fourth-order valence-corrected chi connectivity index (χ4v) is 3.02. The highest BCUT2D eigenvalue weighted by atomic mass is 32.1. The number of ether oxygens (including phenoxy) is 2. The first kappa shape index (κ1) is 14.5. The van der Waals surface area contributed by atoms with Gasteiger partial charge in [-0.2, -0.15) is 0 Å². The number of thiazole rings is 1. The topological polar surface area (TPSA) is 48.4 Å². The summed E-state index contributed by atoms with van der Waals surface area (Å²) < 4.78 is 11.5. The number of fused-ring (bicyclic) bond motifs is 1. The van der Waals surface area contributed by atoms with E-state index < -0.39 is 0 Å². The van der Waals surface area contributed by atoms with Crippen LogP contribution in [0.3, 0.4) is 0 Å². The second-order valence-electron chi connectivity index (χ2n) is 4.69. The number of benzene rings is 2. The van der Waals surface area contributed by atoms with Crippen LogP contribution in [-0.4, -0.2) is 24.7 Å². The van der Waals surface area contributed by atoms with Gasteiger partial charge in [-0.1, -0.05) is 12.1 Å². The van der Waals surface area contributed by atoms with E-state index in [1.165, 1.54) is 0 Å². The molecule has 0 bridgehead atoms.